The van der Waals surface area contributed by atoms with Gasteiger partial charge in [0.1, 0.15) is 0 Å². The number of carbonyl (C=O) groups is 1. The SMILES string of the molecule is CCCCCCCCOC(=O)n1cc(F)c(=O)[nH]c1=O. The van der Waals surface area contributed by atoms with Crippen molar-refractivity contribution in [2.45, 2.75) is 45.4 Å². The minimum atomic E-state index is -1.21. The number of rotatable bonds is 7. The fourth-order valence-corrected chi connectivity index (χ4v) is 1.69. The molecule has 0 saturated heterocycles. The van der Waals surface area contributed by atoms with E-state index in [9.17, 15) is 18.8 Å². The molecule has 0 amide bonds. The predicted octanol–water partition coefficient (Wildman–Crippen LogP) is 2.02. The highest BCUT2D eigenvalue weighted by molar-refractivity contribution is 5.69. The second-order valence-electron chi connectivity index (χ2n) is 4.49. The van der Waals surface area contributed by atoms with Gasteiger partial charge in [-0.25, -0.2) is 14.2 Å². The maximum Gasteiger partial charge on any atom is 0.422 e. The Morgan fingerprint density at radius 1 is 1.25 bits per heavy atom. The number of aromatic nitrogens is 2. The van der Waals surface area contributed by atoms with Gasteiger partial charge in [0.05, 0.1) is 12.8 Å². The van der Waals surface area contributed by atoms with E-state index in [2.05, 4.69) is 6.92 Å². The van der Waals surface area contributed by atoms with Crippen LogP contribution in [-0.2, 0) is 4.74 Å². The standard InChI is InChI=1S/C13H19FN2O4/c1-2-3-4-5-6-7-8-20-13(19)16-9-10(14)11(17)15-12(16)18/h9H,2-8H2,1H3,(H,15,17,18). The molecule has 0 aliphatic rings. The minimum absolute atomic E-state index is 0.165. The van der Waals surface area contributed by atoms with Crippen molar-refractivity contribution in [3.8, 4) is 0 Å². The molecule has 0 fully saturated rings. The van der Waals surface area contributed by atoms with E-state index in [1.807, 2.05) is 0 Å². The fraction of sp³-hybridized carbons (Fsp3) is 0.615. The van der Waals surface area contributed by atoms with Gasteiger partial charge < -0.3 is 4.74 Å². The van der Waals surface area contributed by atoms with Crippen molar-refractivity contribution in [3.63, 3.8) is 0 Å². The number of nitrogens with zero attached hydrogens (tertiary/aromatic N) is 1. The van der Waals surface area contributed by atoms with Crippen LogP contribution in [0.25, 0.3) is 0 Å². The molecule has 1 aromatic heterocycles. The van der Waals surface area contributed by atoms with E-state index in [0.29, 0.717) is 17.2 Å². The van der Waals surface area contributed by atoms with E-state index in [1.54, 1.807) is 4.98 Å². The van der Waals surface area contributed by atoms with Gasteiger partial charge in [-0.3, -0.25) is 9.78 Å². The Morgan fingerprint density at radius 3 is 2.60 bits per heavy atom. The van der Waals surface area contributed by atoms with E-state index < -0.39 is 23.2 Å². The number of aromatic amines is 1. The molecule has 1 N–H and O–H groups in total. The number of carbonyl (C=O) groups excluding carboxylic acids is 1. The first-order chi connectivity index (χ1) is 9.56. The molecule has 0 unspecified atom stereocenters. The highest BCUT2D eigenvalue weighted by atomic mass is 19.1. The number of nitrogens with one attached hydrogen (secondary N) is 1. The van der Waals surface area contributed by atoms with Crippen LogP contribution in [0.5, 0.6) is 0 Å². The van der Waals surface area contributed by atoms with Gasteiger partial charge in [-0.05, 0) is 6.42 Å². The lowest BCUT2D eigenvalue weighted by atomic mass is 10.1. The molecule has 0 bridgehead atoms. The molecule has 0 saturated carbocycles. The third kappa shape index (κ3) is 4.99. The molecule has 0 atom stereocenters. The molecular formula is C13H19FN2O4. The third-order valence-corrected chi connectivity index (χ3v) is 2.82. The summed E-state index contributed by atoms with van der Waals surface area (Å²) < 4.78 is 18.2. The highest BCUT2D eigenvalue weighted by Gasteiger charge is 2.11. The first kappa shape index (κ1) is 16.1. The van der Waals surface area contributed by atoms with Gasteiger partial charge in [0.2, 0.25) is 5.82 Å². The van der Waals surface area contributed by atoms with Crippen molar-refractivity contribution in [2.24, 2.45) is 0 Å². The number of halogens is 1. The van der Waals surface area contributed by atoms with Crippen molar-refractivity contribution >= 4 is 6.09 Å². The van der Waals surface area contributed by atoms with Gasteiger partial charge in [-0.2, -0.15) is 4.39 Å². The number of H-pyrrole nitrogens is 1. The quantitative estimate of drug-likeness (QED) is 0.777. The van der Waals surface area contributed by atoms with Crippen LogP contribution in [0, 0.1) is 5.82 Å². The Kier molecular flexibility index (Phi) is 6.69. The fourth-order valence-electron chi connectivity index (χ4n) is 1.69. The maximum absolute atomic E-state index is 13.0. The van der Waals surface area contributed by atoms with E-state index in [-0.39, 0.29) is 6.61 Å². The molecule has 20 heavy (non-hydrogen) atoms. The Morgan fingerprint density at radius 2 is 1.90 bits per heavy atom. The Bertz CT molecular complexity index is 550. The Hall–Kier alpha value is -1.92. The number of ether oxygens (including phenoxy) is 1. The van der Waals surface area contributed by atoms with Gasteiger partial charge in [0.25, 0.3) is 5.56 Å². The van der Waals surface area contributed by atoms with Crippen LogP contribution >= 0.6 is 0 Å². The zero-order valence-electron chi connectivity index (χ0n) is 11.5. The average molecular weight is 286 g/mol. The summed E-state index contributed by atoms with van der Waals surface area (Å²) in [5.41, 5.74) is -2.17. The van der Waals surface area contributed by atoms with Crippen LogP contribution in [0.1, 0.15) is 45.4 Å². The van der Waals surface area contributed by atoms with Crippen molar-refractivity contribution in [1.82, 2.24) is 9.55 Å². The van der Waals surface area contributed by atoms with Crippen LogP contribution in [0.2, 0.25) is 0 Å². The summed E-state index contributed by atoms with van der Waals surface area (Å²) in [6, 6.07) is 0. The minimum Gasteiger partial charge on any atom is -0.449 e. The highest BCUT2D eigenvalue weighted by Crippen LogP contribution is 2.05. The lowest BCUT2D eigenvalue weighted by Crippen LogP contribution is -2.35. The summed E-state index contributed by atoms with van der Waals surface area (Å²) in [5.74, 6) is -1.21. The van der Waals surface area contributed by atoms with Crippen molar-refractivity contribution in [2.75, 3.05) is 6.61 Å². The van der Waals surface area contributed by atoms with Crippen LogP contribution in [0.15, 0.2) is 15.8 Å². The number of unbranched alkanes of at least 4 members (excludes halogenated alkanes) is 5. The van der Waals surface area contributed by atoms with Crippen molar-refractivity contribution in [1.29, 1.82) is 0 Å². The van der Waals surface area contributed by atoms with Crippen LogP contribution in [0.3, 0.4) is 0 Å². The molecule has 7 heteroatoms. The molecule has 6 nitrogen and oxygen atoms in total. The largest absolute Gasteiger partial charge is 0.449 e. The molecule has 0 aromatic carbocycles. The summed E-state index contributed by atoms with van der Waals surface area (Å²) >= 11 is 0. The summed E-state index contributed by atoms with van der Waals surface area (Å²) in [5, 5.41) is 0. The third-order valence-electron chi connectivity index (χ3n) is 2.82. The monoisotopic (exact) mass is 286 g/mol. The first-order valence-electron chi connectivity index (χ1n) is 6.75. The average Bonchev–Trinajstić information content (AvgIpc) is 2.41. The summed E-state index contributed by atoms with van der Waals surface area (Å²) in [4.78, 5) is 35.3. The predicted molar refractivity (Wildman–Crippen MR) is 71.4 cm³/mol. The molecule has 1 rings (SSSR count). The van der Waals surface area contributed by atoms with Crippen LogP contribution < -0.4 is 11.2 Å². The topological polar surface area (TPSA) is 81.2 Å². The van der Waals surface area contributed by atoms with Gasteiger partial charge in [-0.15, -0.1) is 0 Å². The van der Waals surface area contributed by atoms with Gasteiger partial charge >= 0.3 is 11.8 Å². The molecule has 112 valence electrons. The molecule has 0 radical (unpaired) electrons. The Labute approximate surface area is 115 Å². The Balaban J connectivity index is 2.38. The van der Waals surface area contributed by atoms with Crippen LogP contribution in [0.4, 0.5) is 9.18 Å². The van der Waals surface area contributed by atoms with Crippen LogP contribution in [-0.4, -0.2) is 22.3 Å². The van der Waals surface area contributed by atoms with E-state index >= 15 is 0 Å². The van der Waals surface area contributed by atoms with E-state index in [4.69, 9.17) is 4.74 Å². The van der Waals surface area contributed by atoms with E-state index in [0.717, 1.165) is 25.7 Å². The summed E-state index contributed by atoms with van der Waals surface area (Å²) in [6.07, 6.45) is 5.73. The molecular weight excluding hydrogens is 267 g/mol. The van der Waals surface area contributed by atoms with Gasteiger partial charge in [0, 0.05) is 0 Å². The summed E-state index contributed by atoms with van der Waals surface area (Å²) in [7, 11) is 0. The summed E-state index contributed by atoms with van der Waals surface area (Å²) in [6.45, 7) is 2.29. The van der Waals surface area contributed by atoms with Gasteiger partial charge in [0.15, 0.2) is 0 Å². The van der Waals surface area contributed by atoms with Crippen molar-refractivity contribution < 1.29 is 13.9 Å². The zero-order chi connectivity index (χ0) is 15.0. The van der Waals surface area contributed by atoms with Gasteiger partial charge in [-0.1, -0.05) is 39.0 Å². The lowest BCUT2D eigenvalue weighted by Gasteiger charge is -2.06. The second-order valence-corrected chi connectivity index (χ2v) is 4.49. The second kappa shape index (κ2) is 8.29. The lowest BCUT2D eigenvalue weighted by molar-refractivity contribution is 0.143. The molecule has 0 aliphatic carbocycles. The van der Waals surface area contributed by atoms with E-state index in [1.165, 1.54) is 6.42 Å². The normalized spacial score (nSPS) is 10.5. The maximum atomic E-state index is 13.0. The zero-order valence-corrected chi connectivity index (χ0v) is 11.5. The number of hydrogen-bond donors (Lipinski definition) is 1. The van der Waals surface area contributed by atoms with Crippen molar-refractivity contribution in [3.05, 3.63) is 32.9 Å². The molecule has 0 spiro atoms. The number of hydrogen-bond acceptors (Lipinski definition) is 4. The molecule has 0 aliphatic heterocycles. The molecule has 1 heterocycles. The smallest absolute Gasteiger partial charge is 0.422 e. The first-order valence-corrected chi connectivity index (χ1v) is 6.75. The molecule has 1 aromatic rings.